The molecule has 1 heterocycles. The van der Waals surface area contributed by atoms with E-state index in [0.717, 1.165) is 6.61 Å². The summed E-state index contributed by atoms with van der Waals surface area (Å²) in [6.45, 7) is 9.68. The Kier molecular flexibility index (Phi) is 4.70. The SMILES string of the molecule is CCONC1CCN(C(C)C)CC1. The van der Waals surface area contributed by atoms with Crippen LogP contribution < -0.4 is 5.48 Å². The lowest BCUT2D eigenvalue weighted by Crippen LogP contribution is -2.44. The van der Waals surface area contributed by atoms with Gasteiger partial charge in [-0.25, -0.2) is 0 Å². The lowest BCUT2D eigenvalue weighted by atomic mass is 10.0. The van der Waals surface area contributed by atoms with Gasteiger partial charge in [0.05, 0.1) is 6.61 Å². The quantitative estimate of drug-likeness (QED) is 0.672. The first-order valence-corrected chi connectivity index (χ1v) is 5.35. The molecule has 0 amide bonds. The molecule has 78 valence electrons. The van der Waals surface area contributed by atoms with E-state index in [0.29, 0.717) is 12.1 Å². The molecule has 1 fully saturated rings. The summed E-state index contributed by atoms with van der Waals surface area (Å²) < 4.78 is 0. The molecule has 1 saturated heterocycles. The third-order valence-corrected chi connectivity index (χ3v) is 2.65. The fourth-order valence-electron chi connectivity index (χ4n) is 1.73. The highest BCUT2D eigenvalue weighted by Crippen LogP contribution is 2.12. The molecule has 1 aliphatic heterocycles. The molecule has 1 aliphatic rings. The van der Waals surface area contributed by atoms with E-state index in [-0.39, 0.29) is 0 Å². The number of nitrogens with zero attached hydrogens (tertiary/aromatic N) is 1. The van der Waals surface area contributed by atoms with E-state index in [9.17, 15) is 0 Å². The fraction of sp³-hybridized carbons (Fsp3) is 1.00. The lowest BCUT2D eigenvalue weighted by molar-refractivity contribution is 0.00356. The van der Waals surface area contributed by atoms with Crippen molar-refractivity contribution in [3.05, 3.63) is 0 Å². The minimum absolute atomic E-state index is 0.565. The van der Waals surface area contributed by atoms with Crippen molar-refractivity contribution in [2.24, 2.45) is 0 Å². The van der Waals surface area contributed by atoms with Gasteiger partial charge >= 0.3 is 0 Å². The van der Waals surface area contributed by atoms with Crippen molar-refractivity contribution in [2.45, 2.75) is 45.7 Å². The van der Waals surface area contributed by atoms with E-state index >= 15 is 0 Å². The molecule has 13 heavy (non-hydrogen) atoms. The maximum Gasteiger partial charge on any atom is 0.0654 e. The molecule has 0 spiro atoms. The summed E-state index contributed by atoms with van der Waals surface area (Å²) in [6.07, 6.45) is 2.41. The highest BCUT2D eigenvalue weighted by molar-refractivity contribution is 4.76. The third kappa shape index (κ3) is 3.63. The molecule has 1 rings (SSSR count). The van der Waals surface area contributed by atoms with E-state index in [1.165, 1.54) is 25.9 Å². The van der Waals surface area contributed by atoms with Crippen molar-refractivity contribution >= 4 is 0 Å². The van der Waals surface area contributed by atoms with Crippen molar-refractivity contribution in [1.29, 1.82) is 0 Å². The number of hydrogen-bond donors (Lipinski definition) is 1. The first kappa shape index (κ1) is 11.0. The van der Waals surface area contributed by atoms with Gasteiger partial charge in [0, 0.05) is 12.1 Å². The average Bonchev–Trinajstić information content (AvgIpc) is 2.15. The monoisotopic (exact) mass is 186 g/mol. The summed E-state index contributed by atoms with van der Waals surface area (Å²) in [6, 6.07) is 1.25. The Balaban J connectivity index is 2.15. The van der Waals surface area contributed by atoms with Gasteiger partial charge in [0.1, 0.15) is 0 Å². The number of hydrogen-bond acceptors (Lipinski definition) is 3. The van der Waals surface area contributed by atoms with Crippen LogP contribution in [0.3, 0.4) is 0 Å². The minimum atomic E-state index is 0.565. The van der Waals surface area contributed by atoms with Crippen molar-refractivity contribution < 1.29 is 4.84 Å². The van der Waals surface area contributed by atoms with Crippen molar-refractivity contribution in [1.82, 2.24) is 10.4 Å². The molecular weight excluding hydrogens is 164 g/mol. The minimum Gasteiger partial charge on any atom is -0.302 e. The van der Waals surface area contributed by atoms with Crippen molar-refractivity contribution in [3.63, 3.8) is 0 Å². The van der Waals surface area contributed by atoms with E-state index in [1.807, 2.05) is 6.92 Å². The van der Waals surface area contributed by atoms with Gasteiger partial charge in [-0.15, -0.1) is 0 Å². The van der Waals surface area contributed by atoms with Crippen molar-refractivity contribution in [2.75, 3.05) is 19.7 Å². The molecule has 0 aromatic rings. The molecule has 0 aromatic carbocycles. The Morgan fingerprint density at radius 3 is 2.46 bits per heavy atom. The smallest absolute Gasteiger partial charge is 0.0654 e. The summed E-state index contributed by atoms with van der Waals surface area (Å²) >= 11 is 0. The highest BCUT2D eigenvalue weighted by atomic mass is 16.6. The van der Waals surface area contributed by atoms with E-state index in [2.05, 4.69) is 24.2 Å². The maximum absolute atomic E-state index is 5.20. The largest absolute Gasteiger partial charge is 0.302 e. The average molecular weight is 186 g/mol. The van der Waals surface area contributed by atoms with Gasteiger partial charge in [0.15, 0.2) is 0 Å². The molecule has 3 nitrogen and oxygen atoms in total. The first-order chi connectivity index (χ1) is 6.24. The van der Waals surface area contributed by atoms with Crippen LogP contribution in [0.2, 0.25) is 0 Å². The van der Waals surface area contributed by atoms with E-state index in [4.69, 9.17) is 4.84 Å². The molecule has 3 heteroatoms. The molecular formula is C10H22N2O. The van der Waals surface area contributed by atoms with Crippen LogP contribution in [0.5, 0.6) is 0 Å². The van der Waals surface area contributed by atoms with E-state index < -0.39 is 0 Å². The Morgan fingerprint density at radius 2 is 2.00 bits per heavy atom. The second kappa shape index (κ2) is 5.58. The van der Waals surface area contributed by atoms with Crippen LogP contribution in [0.25, 0.3) is 0 Å². The third-order valence-electron chi connectivity index (χ3n) is 2.65. The number of nitrogens with one attached hydrogen (secondary N) is 1. The van der Waals surface area contributed by atoms with Gasteiger partial charge in [-0.1, -0.05) is 0 Å². The molecule has 0 bridgehead atoms. The standard InChI is InChI=1S/C10H22N2O/c1-4-13-11-10-5-7-12(8-6-10)9(2)3/h9-11H,4-8H2,1-3H3. The van der Waals surface area contributed by atoms with Gasteiger partial charge in [0.25, 0.3) is 0 Å². The number of rotatable bonds is 4. The Labute approximate surface area is 81.4 Å². The second-order valence-electron chi connectivity index (χ2n) is 3.95. The predicted octanol–water partition coefficient (Wildman–Crippen LogP) is 1.40. The van der Waals surface area contributed by atoms with E-state index in [1.54, 1.807) is 0 Å². The first-order valence-electron chi connectivity index (χ1n) is 5.35. The Hall–Kier alpha value is -0.120. The number of hydroxylamine groups is 1. The van der Waals surface area contributed by atoms with Crippen LogP contribution in [0, 0.1) is 0 Å². The van der Waals surface area contributed by atoms with Gasteiger partial charge < -0.3 is 9.74 Å². The van der Waals surface area contributed by atoms with Gasteiger partial charge in [-0.3, -0.25) is 0 Å². The molecule has 0 unspecified atom stereocenters. The topological polar surface area (TPSA) is 24.5 Å². The predicted molar refractivity (Wildman–Crippen MR) is 54.5 cm³/mol. The molecule has 0 saturated carbocycles. The lowest BCUT2D eigenvalue weighted by Gasteiger charge is -2.34. The zero-order valence-electron chi connectivity index (χ0n) is 9.05. The van der Waals surface area contributed by atoms with Crippen LogP contribution in [-0.2, 0) is 4.84 Å². The summed E-state index contributed by atoms with van der Waals surface area (Å²) in [5, 5.41) is 0. The molecule has 0 radical (unpaired) electrons. The van der Waals surface area contributed by atoms with Gasteiger partial charge in [-0.2, -0.15) is 5.48 Å². The second-order valence-corrected chi connectivity index (χ2v) is 3.95. The van der Waals surface area contributed by atoms with Gasteiger partial charge in [-0.05, 0) is 46.7 Å². The van der Waals surface area contributed by atoms with Crippen molar-refractivity contribution in [3.8, 4) is 0 Å². The summed E-state index contributed by atoms with van der Waals surface area (Å²) in [5.74, 6) is 0. The Morgan fingerprint density at radius 1 is 1.38 bits per heavy atom. The zero-order valence-corrected chi connectivity index (χ0v) is 9.05. The number of piperidine rings is 1. The Bertz CT molecular complexity index is 131. The van der Waals surface area contributed by atoms with Crippen LogP contribution >= 0.6 is 0 Å². The fourth-order valence-corrected chi connectivity index (χ4v) is 1.73. The summed E-state index contributed by atoms with van der Waals surface area (Å²) in [7, 11) is 0. The zero-order chi connectivity index (χ0) is 9.68. The number of likely N-dealkylation sites (tertiary alicyclic amines) is 1. The van der Waals surface area contributed by atoms with Crippen LogP contribution in [0.1, 0.15) is 33.6 Å². The van der Waals surface area contributed by atoms with Gasteiger partial charge in [0.2, 0.25) is 0 Å². The normalized spacial score (nSPS) is 21.2. The molecule has 0 atom stereocenters. The molecule has 0 aromatic heterocycles. The van der Waals surface area contributed by atoms with Crippen LogP contribution in [0.15, 0.2) is 0 Å². The maximum atomic E-state index is 5.20. The molecule has 1 N–H and O–H groups in total. The molecule has 0 aliphatic carbocycles. The summed E-state index contributed by atoms with van der Waals surface area (Å²) in [4.78, 5) is 7.72. The van der Waals surface area contributed by atoms with Crippen LogP contribution in [-0.4, -0.2) is 36.7 Å². The highest BCUT2D eigenvalue weighted by Gasteiger charge is 2.20. The van der Waals surface area contributed by atoms with Crippen LogP contribution in [0.4, 0.5) is 0 Å². The summed E-state index contributed by atoms with van der Waals surface area (Å²) in [5.41, 5.74) is 3.10.